The van der Waals surface area contributed by atoms with Crippen LogP contribution in [0.15, 0.2) is 36.4 Å². The van der Waals surface area contributed by atoms with Crippen LogP contribution in [0.4, 0.5) is 5.69 Å². The Labute approximate surface area is 154 Å². The number of nitro benzene ring substituents is 1. The third kappa shape index (κ3) is 3.89. The number of rotatable bonds is 7. The zero-order chi connectivity index (χ0) is 19.4. The van der Waals surface area contributed by atoms with E-state index < -0.39 is 16.8 Å². The van der Waals surface area contributed by atoms with E-state index >= 15 is 0 Å². The van der Waals surface area contributed by atoms with Crippen molar-refractivity contribution in [3.63, 3.8) is 0 Å². The number of hydrogen-bond donors (Lipinski definition) is 0. The van der Waals surface area contributed by atoms with Gasteiger partial charge in [0, 0.05) is 18.6 Å². The summed E-state index contributed by atoms with van der Waals surface area (Å²) in [6.07, 6.45) is 1.05. The number of non-ortho nitro benzene ring substituents is 1. The summed E-state index contributed by atoms with van der Waals surface area (Å²) in [5.41, 5.74) is 1.51. The van der Waals surface area contributed by atoms with E-state index in [9.17, 15) is 19.7 Å². The van der Waals surface area contributed by atoms with E-state index in [1.54, 1.807) is 24.3 Å². The van der Waals surface area contributed by atoms with E-state index in [0.29, 0.717) is 34.5 Å². The SMILES string of the molecule is COC(=O)C(CCC=O)c1cc(-c2ccc3c(c2)OCO3)cc([N+](=O)[O-])c1. The lowest BCUT2D eigenvalue weighted by molar-refractivity contribution is -0.384. The van der Waals surface area contributed by atoms with Gasteiger partial charge in [0.1, 0.15) is 6.29 Å². The molecule has 2 aromatic rings. The maximum absolute atomic E-state index is 12.2. The first-order valence-electron chi connectivity index (χ1n) is 8.24. The van der Waals surface area contributed by atoms with Crippen molar-refractivity contribution in [2.45, 2.75) is 18.8 Å². The highest BCUT2D eigenvalue weighted by Crippen LogP contribution is 2.38. The van der Waals surface area contributed by atoms with Gasteiger partial charge < -0.3 is 19.0 Å². The molecule has 2 aromatic carbocycles. The largest absolute Gasteiger partial charge is 0.469 e. The average Bonchev–Trinajstić information content (AvgIpc) is 3.15. The number of carbonyl (C=O) groups is 2. The second-order valence-electron chi connectivity index (χ2n) is 5.96. The summed E-state index contributed by atoms with van der Waals surface area (Å²) in [7, 11) is 1.24. The number of fused-ring (bicyclic) bond motifs is 1. The van der Waals surface area contributed by atoms with Crippen molar-refractivity contribution in [3.05, 3.63) is 52.1 Å². The molecule has 0 bridgehead atoms. The van der Waals surface area contributed by atoms with Crippen molar-refractivity contribution in [2.75, 3.05) is 13.9 Å². The molecule has 1 aliphatic heterocycles. The van der Waals surface area contributed by atoms with Crippen molar-refractivity contribution >= 4 is 17.9 Å². The molecule has 1 atom stereocenters. The van der Waals surface area contributed by atoms with Crippen LogP contribution in [-0.2, 0) is 14.3 Å². The van der Waals surface area contributed by atoms with E-state index in [2.05, 4.69) is 0 Å². The van der Waals surface area contributed by atoms with Gasteiger partial charge in [-0.2, -0.15) is 0 Å². The van der Waals surface area contributed by atoms with Gasteiger partial charge in [-0.3, -0.25) is 14.9 Å². The number of carbonyl (C=O) groups excluding carboxylic acids is 2. The second-order valence-corrected chi connectivity index (χ2v) is 5.96. The molecule has 1 unspecified atom stereocenters. The third-order valence-electron chi connectivity index (χ3n) is 4.32. The maximum atomic E-state index is 12.2. The predicted octanol–water partition coefficient (Wildman–Crippen LogP) is 3.23. The van der Waals surface area contributed by atoms with Crippen LogP contribution in [-0.4, -0.2) is 31.1 Å². The summed E-state index contributed by atoms with van der Waals surface area (Å²) in [5.74, 6) is -0.171. The van der Waals surface area contributed by atoms with E-state index in [0.717, 1.165) is 0 Å². The molecule has 0 saturated heterocycles. The van der Waals surface area contributed by atoms with Crippen LogP contribution in [0.3, 0.4) is 0 Å². The summed E-state index contributed by atoms with van der Waals surface area (Å²) in [6.45, 7) is 0.120. The first-order chi connectivity index (χ1) is 13.0. The Morgan fingerprint density at radius 3 is 2.70 bits per heavy atom. The van der Waals surface area contributed by atoms with Gasteiger partial charge in [-0.05, 0) is 41.3 Å². The van der Waals surface area contributed by atoms with Gasteiger partial charge in [0.05, 0.1) is 18.0 Å². The van der Waals surface area contributed by atoms with Crippen LogP contribution in [0.25, 0.3) is 11.1 Å². The normalized spacial score (nSPS) is 13.1. The highest BCUT2D eigenvalue weighted by Gasteiger charge is 2.25. The number of methoxy groups -OCH3 is 1. The molecule has 8 nitrogen and oxygen atoms in total. The molecule has 0 amide bonds. The summed E-state index contributed by atoms with van der Waals surface area (Å²) < 4.78 is 15.4. The summed E-state index contributed by atoms with van der Waals surface area (Å²) in [6, 6.07) is 9.66. The molecule has 140 valence electrons. The number of nitro groups is 1. The van der Waals surface area contributed by atoms with Crippen LogP contribution in [0.2, 0.25) is 0 Å². The van der Waals surface area contributed by atoms with Crippen molar-refractivity contribution in [2.24, 2.45) is 0 Å². The lowest BCUT2D eigenvalue weighted by atomic mass is 9.91. The van der Waals surface area contributed by atoms with Gasteiger partial charge in [0.2, 0.25) is 6.79 Å². The third-order valence-corrected chi connectivity index (χ3v) is 4.32. The lowest BCUT2D eigenvalue weighted by Crippen LogP contribution is -2.15. The Hall–Kier alpha value is -3.42. The molecule has 1 aliphatic rings. The Kier molecular flexibility index (Phi) is 5.35. The van der Waals surface area contributed by atoms with Gasteiger partial charge in [-0.1, -0.05) is 6.07 Å². The monoisotopic (exact) mass is 371 g/mol. The van der Waals surface area contributed by atoms with Crippen molar-refractivity contribution in [1.29, 1.82) is 0 Å². The van der Waals surface area contributed by atoms with E-state index in [1.165, 1.54) is 19.2 Å². The number of aldehydes is 1. The Morgan fingerprint density at radius 2 is 2.00 bits per heavy atom. The number of ether oxygens (including phenoxy) is 3. The summed E-state index contributed by atoms with van der Waals surface area (Å²) in [5, 5.41) is 11.4. The van der Waals surface area contributed by atoms with Gasteiger partial charge in [0.25, 0.3) is 5.69 Å². The molecular formula is C19H17NO7. The van der Waals surface area contributed by atoms with Crippen molar-refractivity contribution in [3.8, 4) is 22.6 Å². The zero-order valence-electron chi connectivity index (χ0n) is 14.5. The maximum Gasteiger partial charge on any atom is 0.313 e. The lowest BCUT2D eigenvalue weighted by Gasteiger charge is -2.15. The van der Waals surface area contributed by atoms with E-state index in [-0.39, 0.29) is 25.3 Å². The van der Waals surface area contributed by atoms with Gasteiger partial charge in [-0.15, -0.1) is 0 Å². The standard InChI is InChI=1S/C19H17NO7/c1-25-19(22)16(3-2-6-21)14-7-13(8-15(9-14)20(23)24)12-4-5-17-18(10-12)27-11-26-17/h4-10,16H,2-3,11H2,1H3. The van der Waals surface area contributed by atoms with Crippen LogP contribution in [0, 0.1) is 10.1 Å². The topological polar surface area (TPSA) is 105 Å². The van der Waals surface area contributed by atoms with Crippen LogP contribution < -0.4 is 9.47 Å². The minimum Gasteiger partial charge on any atom is -0.469 e. The molecule has 0 aromatic heterocycles. The molecule has 1 heterocycles. The minimum atomic E-state index is -0.770. The molecule has 27 heavy (non-hydrogen) atoms. The number of hydrogen-bond acceptors (Lipinski definition) is 7. The Morgan fingerprint density at radius 1 is 1.22 bits per heavy atom. The van der Waals surface area contributed by atoms with Gasteiger partial charge >= 0.3 is 5.97 Å². The average molecular weight is 371 g/mol. The molecule has 0 radical (unpaired) electrons. The molecule has 0 saturated carbocycles. The minimum absolute atomic E-state index is 0.120. The second kappa shape index (κ2) is 7.86. The highest BCUT2D eigenvalue weighted by atomic mass is 16.7. The van der Waals surface area contributed by atoms with Crippen LogP contribution in [0.1, 0.15) is 24.3 Å². The first kappa shape index (κ1) is 18.4. The Balaban J connectivity index is 2.08. The number of benzene rings is 2. The number of nitrogens with zero attached hydrogens (tertiary/aromatic N) is 1. The van der Waals surface area contributed by atoms with Crippen molar-refractivity contribution in [1.82, 2.24) is 0 Å². The molecule has 0 N–H and O–H groups in total. The van der Waals surface area contributed by atoms with Crippen LogP contribution >= 0.6 is 0 Å². The number of esters is 1. The predicted molar refractivity (Wildman–Crippen MR) is 94.7 cm³/mol. The molecule has 8 heteroatoms. The van der Waals surface area contributed by atoms with E-state index in [4.69, 9.17) is 14.2 Å². The smallest absolute Gasteiger partial charge is 0.313 e. The van der Waals surface area contributed by atoms with Gasteiger partial charge in [-0.25, -0.2) is 0 Å². The molecular weight excluding hydrogens is 354 g/mol. The fourth-order valence-electron chi connectivity index (χ4n) is 2.98. The van der Waals surface area contributed by atoms with Crippen molar-refractivity contribution < 1.29 is 28.7 Å². The fraction of sp³-hybridized carbons (Fsp3) is 0.263. The molecule has 0 aliphatic carbocycles. The van der Waals surface area contributed by atoms with Crippen LogP contribution in [0.5, 0.6) is 11.5 Å². The molecule has 0 spiro atoms. The first-order valence-corrected chi connectivity index (χ1v) is 8.24. The quantitative estimate of drug-likeness (QED) is 0.318. The Bertz CT molecular complexity index is 894. The zero-order valence-corrected chi connectivity index (χ0v) is 14.5. The fourth-order valence-corrected chi connectivity index (χ4v) is 2.98. The van der Waals surface area contributed by atoms with Gasteiger partial charge in [0.15, 0.2) is 11.5 Å². The van der Waals surface area contributed by atoms with E-state index in [1.807, 2.05) is 0 Å². The summed E-state index contributed by atoms with van der Waals surface area (Å²) in [4.78, 5) is 33.8. The molecule has 3 rings (SSSR count). The highest BCUT2D eigenvalue weighted by molar-refractivity contribution is 5.80. The molecule has 0 fully saturated rings. The summed E-state index contributed by atoms with van der Waals surface area (Å²) >= 11 is 0.